The number of fused-ring (bicyclic) bond motifs is 1. The molecule has 0 bridgehead atoms. The van der Waals surface area contributed by atoms with Crippen LogP contribution in [0.5, 0.6) is 0 Å². The molecule has 1 unspecified atom stereocenters. The molecule has 1 fully saturated rings. The van der Waals surface area contributed by atoms with Crippen LogP contribution in [0.15, 0.2) is 82.2 Å². The van der Waals surface area contributed by atoms with Crippen LogP contribution < -0.4 is 4.90 Å². The van der Waals surface area contributed by atoms with Crippen LogP contribution in [0.4, 0.5) is 5.69 Å². The Bertz CT molecular complexity index is 1500. The highest BCUT2D eigenvalue weighted by Crippen LogP contribution is 2.37. The molecule has 0 N–H and O–H groups in total. The quantitative estimate of drug-likeness (QED) is 0.314. The van der Waals surface area contributed by atoms with Crippen molar-refractivity contribution in [3.8, 4) is 0 Å². The molecule has 0 spiro atoms. The van der Waals surface area contributed by atoms with E-state index in [2.05, 4.69) is 28.1 Å². The fourth-order valence-electron chi connectivity index (χ4n) is 5.77. The minimum atomic E-state index is -3.90. The summed E-state index contributed by atoms with van der Waals surface area (Å²) in [7, 11) is -3.90. The summed E-state index contributed by atoms with van der Waals surface area (Å²) in [5, 5.41) is 0. The van der Waals surface area contributed by atoms with E-state index in [4.69, 9.17) is 0 Å². The number of piperidine rings is 1. The van der Waals surface area contributed by atoms with Gasteiger partial charge in [-0.15, -0.1) is 0 Å². The highest BCUT2D eigenvalue weighted by Gasteiger charge is 2.37. The van der Waals surface area contributed by atoms with Gasteiger partial charge < -0.3 is 9.80 Å². The molecule has 1 saturated heterocycles. The van der Waals surface area contributed by atoms with Gasteiger partial charge in [-0.25, -0.2) is 8.42 Å². The molecule has 1 atom stereocenters. The monoisotopic (exact) mass is 637 g/mol. The first-order valence-corrected chi connectivity index (χ1v) is 16.5. The number of nitrogens with zero attached hydrogens (tertiary/aromatic N) is 3. The van der Waals surface area contributed by atoms with Gasteiger partial charge in [0.15, 0.2) is 0 Å². The number of benzene rings is 3. The third kappa shape index (κ3) is 6.58. The molecule has 2 aliphatic heterocycles. The van der Waals surface area contributed by atoms with E-state index in [1.54, 1.807) is 11.0 Å². The largest absolute Gasteiger partial charge is 0.338 e. The third-order valence-corrected chi connectivity index (χ3v) is 10.8. The van der Waals surface area contributed by atoms with Crippen molar-refractivity contribution in [3.05, 3.63) is 94.0 Å². The Morgan fingerprint density at radius 3 is 2.34 bits per heavy atom. The van der Waals surface area contributed by atoms with Crippen molar-refractivity contribution in [3.63, 3.8) is 0 Å². The van der Waals surface area contributed by atoms with Crippen molar-refractivity contribution < 1.29 is 18.0 Å². The van der Waals surface area contributed by atoms with Crippen molar-refractivity contribution in [1.82, 2.24) is 9.21 Å². The van der Waals surface area contributed by atoms with Crippen molar-refractivity contribution in [2.24, 2.45) is 5.92 Å². The number of sulfonamides is 1. The van der Waals surface area contributed by atoms with Crippen molar-refractivity contribution in [2.75, 3.05) is 31.1 Å². The molecule has 0 aliphatic carbocycles. The summed E-state index contributed by atoms with van der Waals surface area (Å²) in [4.78, 5) is 30.1. The Kier molecular flexibility index (Phi) is 9.26. The molecule has 2 aliphatic rings. The van der Waals surface area contributed by atoms with Crippen LogP contribution in [-0.2, 0) is 39.0 Å². The maximum Gasteiger partial charge on any atom is 0.244 e. The Morgan fingerprint density at radius 1 is 0.976 bits per heavy atom. The number of carbonyl (C=O) groups excluding carboxylic acids is 2. The van der Waals surface area contributed by atoms with Gasteiger partial charge in [0.1, 0.15) is 0 Å². The highest BCUT2D eigenvalue weighted by molar-refractivity contribution is 9.10. The summed E-state index contributed by atoms with van der Waals surface area (Å²) in [5.74, 6) is -0.464. The summed E-state index contributed by atoms with van der Waals surface area (Å²) in [6.45, 7) is 3.89. The number of amides is 2. The maximum absolute atomic E-state index is 14.0. The zero-order chi connectivity index (χ0) is 29.0. The molecule has 0 saturated carbocycles. The molecule has 7 nitrogen and oxygen atoms in total. The minimum Gasteiger partial charge on any atom is -0.338 e. The average molecular weight is 639 g/mol. The van der Waals surface area contributed by atoms with Gasteiger partial charge in [0.05, 0.1) is 10.8 Å². The van der Waals surface area contributed by atoms with Crippen LogP contribution in [-0.4, -0.2) is 55.6 Å². The van der Waals surface area contributed by atoms with E-state index in [1.807, 2.05) is 66.4 Å². The van der Waals surface area contributed by atoms with Crippen molar-refractivity contribution in [2.45, 2.75) is 50.5 Å². The topological polar surface area (TPSA) is 78.0 Å². The van der Waals surface area contributed by atoms with E-state index in [1.165, 1.54) is 4.31 Å². The number of hydrogen-bond donors (Lipinski definition) is 0. The number of anilines is 1. The lowest BCUT2D eigenvalue weighted by Crippen LogP contribution is -2.47. The first-order chi connectivity index (χ1) is 19.8. The maximum atomic E-state index is 14.0. The molecule has 2 amide bonds. The van der Waals surface area contributed by atoms with Crippen LogP contribution in [0, 0.1) is 5.92 Å². The van der Waals surface area contributed by atoms with Crippen LogP contribution in [0.1, 0.15) is 42.9 Å². The van der Waals surface area contributed by atoms with Gasteiger partial charge in [0.25, 0.3) is 0 Å². The van der Waals surface area contributed by atoms with E-state index in [0.717, 1.165) is 23.1 Å². The van der Waals surface area contributed by atoms with E-state index < -0.39 is 15.9 Å². The van der Waals surface area contributed by atoms with Crippen molar-refractivity contribution >= 4 is 43.5 Å². The zero-order valence-corrected chi connectivity index (χ0v) is 25.7. The van der Waals surface area contributed by atoms with Crippen LogP contribution >= 0.6 is 15.9 Å². The third-order valence-electron chi connectivity index (χ3n) is 8.02. The Morgan fingerprint density at radius 2 is 1.66 bits per heavy atom. The van der Waals surface area contributed by atoms with Crippen LogP contribution in [0.2, 0.25) is 0 Å². The molecule has 216 valence electrons. The summed E-state index contributed by atoms with van der Waals surface area (Å²) in [6.07, 6.45) is 3.03. The lowest BCUT2D eigenvalue weighted by Gasteiger charge is -2.35. The fraction of sp³-hybridized carbons (Fsp3) is 0.375. The summed E-state index contributed by atoms with van der Waals surface area (Å²) in [5.41, 5.74) is 3.82. The molecule has 2 heterocycles. The molecule has 9 heteroatoms. The molecule has 0 radical (unpaired) electrons. The first kappa shape index (κ1) is 29.5. The van der Waals surface area contributed by atoms with E-state index >= 15 is 0 Å². The normalized spacial score (nSPS) is 17.3. The fourth-order valence-corrected chi connectivity index (χ4v) is 8.37. The molecule has 3 aromatic rings. The second kappa shape index (κ2) is 12.9. The Labute approximate surface area is 251 Å². The molecule has 3 aromatic carbocycles. The predicted molar refractivity (Wildman–Crippen MR) is 164 cm³/mol. The second-order valence-corrected chi connectivity index (χ2v) is 13.5. The van der Waals surface area contributed by atoms with Crippen LogP contribution in [0.25, 0.3) is 0 Å². The van der Waals surface area contributed by atoms with E-state index in [0.29, 0.717) is 62.0 Å². The Hall–Kier alpha value is -3.01. The summed E-state index contributed by atoms with van der Waals surface area (Å²) < 4.78 is 29.9. The van der Waals surface area contributed by atoms with Gasteiger partial charge in [0, 0.05) is 49.3 Å². The number of hydrogen-bond acceptors (Lipinski definition) is 4. The van der Waals surface area contributed by atoms with Gasteiger partial charge in [0.2, 0.25) is 21.8 Å². The standard InChI is InChI=1S/C32H36BrN3O4S/c1-2-31(37)36-19-16-26-20-28(33)30(21-29(26)36)41(39,40)35-17-9-14-27(23-35)32(38)34(22-25-12-7-4-8-13-25)18-15-24-10-5-3-6-11-24/h3-8,10-13,20-21,27H,2,9,14-19,22-23H2,1H3. The number of halogens is 1. The van der Waals surface area contributed by atoms with Gasteiger partial charge >= 0.3 is 0 Å². The zero-order valence-electron chi connectivity index (χ0n) is 23.3. The molecular formula is C32H36BrN3O4S. The number of rotatable bonds is 9. The molecule has 41 heavy (non-hydrogen) atoms. The lowest BCUT2D eigenvalue weighted by molar-refractivity contribution is -0.137. The van der Waals surface area contributed by atoms with Gasteiger partial charge in [-0.2, -0.15) is 4.31 Å². The Balaban J connectivity index is 1.36. The smallest absolute Gasteiger partial charge is 0.244 e. The highest BCUT2D eigenvalue weighted by atomic mass is 79.9. The van der Waals surface area contributed by atoms with Gasteiger partial charge in [-0.1, -0.05) is 67.6 Å². The minimum absolute atomic E-state index is 0.0163. The molecular weight excluding hydrogens is 602 g/mol. The van der Waals surface area contributed by atoms with Crippen molar-refractivity contribution in [1.29, 1.82) is 0 Å². The van der Waals surface area contributed by atoms with E-state index in [-0.39, 0.29) is 23.3 Å². The SMILES string of the molecule is CCC(=O)N1CCc2cc(Br)c(S(=O)(=O)N3CCCC(C(=O)N(CCc4ccccc4)Cc4ccccc4)C3)cc21. The lowest BCUT2D eigenvalue weighted by atomic mass is 9.97. The van der Waals surface area contributed by atoms with Crippen LogP contribution in [0.3, 0.4) is 0 Å². The molecule has 5 rings (SSSR count). The average Bonchev–Trinajstić information content (AvgIpc) is 3.41. The predicted octanol–water partition coefficient (Wildman–Crippen LogP) is 5.42. The summed E-state index contributed by atoms with van der Waals surface area (Å²) in [6, 6.07) is 23.5. The first-order valence-electron chi connectivity index (χ1n) is 14.3. The van der Waals surface area contributed by atoms with Gasteiger partial charge in [-0.3, -0.25) is 9.59 Å². The number of carbonyl (C=O) groups is 2. The van der Waals surface area contributed by atoms with E-state index in [9.17, 15) is 18.0 Å². The summed E-state index contributed by atoms with van der Waals surface area (Å²) >= 11 is 3.49. The van der Waals surface area contributed by atoms with Gasteiger partial charge in [-0.05, 0) is 70.4 Å². The second-order valence-electron chi connectivity index (χ2n) is 10.7. The molecule has 0 aromatic heterocycles.